The van der Waals surface area contributed by atoms with Crippen molar-refractivity contribution in [3.8, 4) is 6.07 Å². The highest BCUT2D eigenvalue weighted by Crippen LogP contribution is 2.39. The van der Waals surface area contributed by atoms with Crippen LogP contribution in [0.25, 0.3) is 0 Å². The van der Waals surface area contributed by atoms with Gasteiger partial charge in [-0.1, -0.05) is 19.1 Å². The summed E-state index contributed by atoms with van der Waals surface area (Å²) in [5.41, 5.74) is 2.20. The molecule has 2 aliphatic rings. The van der Waals surface area contributed by atoms with Gasteiger partial charge in [0.1, 0.15) is 17.1 Å². The predicted octanol–water partition coefficient (Wildman–Crippen LogP) is 4.10. The summed E-state index contributed by atoms with van der Waals surface area (Å²) < 4.78 is 0. The molecule has 1 aromatic carbocycles. The first kappa shape index (κ1) is 21.6. The van der Waals surface area contributed by atoms with E-state index in [2.05, 4.69) is 18.3 Å². The van der Waals surface area contributed by atoms with Crippen molar-refractivity contribution in [2.75, 3.05) is 17.3 Å². The minimum Gasteiger partial charge on any atom is -0.315 e. The molecule has 0 saturated heterocycles. The number of nitriles is 1. The van der Waals surface area contributed by atoms with Crippen LogP contribution in [0, 0.1) is 17.2 Å². The summed E-state index contributed by atoms with van der Waals surface area (Å²) in [7, 11) is 0. The van der Waals surface area contributed by atoms with Crippen molar-refractivity contribution >= 4 is 45.8 Å². The maximum atomic E-state index is 13.3. The quantitative estimate of drug-likeness (QED) is 0.665. The second kappa shape index (κ2) is 8.85. The van der Waals surface area contributed by atoms with Crippen LogP contribution in [0.3, 0.4) is 0 Å². The summed E-state index contributed by atoms with van der Waals surface area (Å²) in [5.74, 6) is -0.140. The first-order valence-corrected chi connectivity index (χ1v) is 12.5. The Labute approximate surface area is 189 Å². The van der Waals surface area contributed by atoms with E-state index in [-0.39, 0.29) is 0 Å². The average molecular weight is 454 g/mol. The molecule has 2 aromatic rings. The van der Waals surface area contributed by atoms with E-state index < -0.39 is 23.8 Å². The largest absolute Gasteiger partial charge is 0.315 e. The summed E-state index contributed by atoms with van der Waals surface area (Å²) in [6.45, 7) is 2.19. The third-order valence-electron chi connectivity index (χ3n) is 5.90. The number of thioether (sulfide) groups is 1. The number of hydrogen-bond acceptors (Lipinski definition) is 6. The van der Waals surface area contributed by atoms with Gasteiger partial charge in [-0.25, -0.2) is 0 Å². The van der Waals surface area contributed by atoms with Crippen LogP contribution in [0.5, 0.6) is 0 Å². The lowest BCUT2D eigenvalue weighted by molar-refractivity contribution is -0.120. The Morgan fingerprint density at radius 1 is 1.32 bits per heavy atom. The van der Waals surface area contributed by atoms with Gasteiger partial charge in [0.15, 0.2) is 0 Å². The monoisotopic (exact) mass is 453 g/mol. The number of nitrogens with zero attached hydrogens (tertiary/aromatic N) is 2. The van der Waals surface area contributed by atoms with Gasteiger partial charge in [0.05, 0.1) is 16.7 Å². The Balaban J connectivity index is 1.63. The van der Waals surface area contributed by atoms with Crippen LogP contribution < -0.4 is 5.32 Å². The third-order valence-corrected chi connectivity index (χ3v) is 7.71. The molecule has 1 N–H and O–H groups in total. The molecule has 2 heterocycles. The Hall–Kier alpha value is -2.63. The van der Waals surface area contributed by atoms with Gasteiger partial charge in [-0.05, 0) is 61.3 Å². The molecular formula is C23H23N3O3S2. The number of carbonyl (C=O) groups is 3. The standard InChI is InChI=1S/C23H23N3O3S2/c1-13-7-8-14-17(12-24)21(31-19(14)11-13)25-20(27)18(9-10-30-2)26-22(28)15-5-3-4-6-16(15)23(26)29/h3-6,13,18H,7-11H2,1-2H3,(H,25,27)/t13-,18-/m0/s1. The number of rotatable bonds is 6. The fourth-order valence-electron chi connectivity index (χ4n) is 4.25. The first-order valence-electron chi connectivity index (χ1n) is 10.3. The molecule has 31 heavy (non-hydrogen) atoms. The smallest absolute Gasteiger partial charge is 0.262 e. The normalized spacial score (nSPS) is 18.4. The van der Waals surface area contributed by atoms with Gasteiger partial charge >= 0.3 is 0 Å². The number of benzene rings is 1. The molecule has 0 spiro atoms. The molecule has 8 heteroatoms. The molecule has 0 unspecified atom stereocenters. The maximum Gasteiger partial charge on any atom is 0.262 e. The Morgan fingerprint density at radius 2 is 2.00 bits per heavy atom. The number of carbonyl (C=O) groups excluding carboxylic acids is 3. The molecule has 1 aliphatic carbocycles. The molecule has 160 valence electrons. The topological polar surface area (TPSA) is 90.3 Å². The zero-order chi connectivity index (χ0) is 22.1. The van der Waals surface area contributed by atoms with E-state index in [1.54, 1.807) is 36.0 Å². The maximum absolute atomic E-state index is 13.3. The minimum atomic E-state index is -0.926. The van der Waals surface area contributed by atoms with Gasteiger partial charge < -0.3 is 5.32 Å². The van der Waals surface area contributed by atoms with Crippen LogP contribution in [0.15, 0.2) is 24.3 Å². The summed E-state index contributed by atoms with van der Waals surface area (Å²) >= 11 is 2.99. The van der Waals surface area contributed by atoms with Crippen molar-refractivity contribution in [3.05, 3.63) is 51.4 Å². The van der Waals surface area contributed by atoms with E-state index in [0.29, 0.717) is 39.8 Å². The lowest BCUT2D eigenvalue weighted by atomic mass is 9.88. The number of nitrogens with one attached hydrogen (secondary N) is 1. The van der Waals surface area contributed by atoms with Crippen molar-refractivity contribution in [2.24, 2.45) is 5.92 Å². The van der Waals surface area contributed by atoms with Crippen molar-refractivity contribution in [1.29, 1.82) is 5.26 Å². The van der Waals surface area contributed by atoms with Crippen LogP contribution in [0.4, 0.5) is 5.00 Å². The van der Waals surface area contributed by atoms with Gasteiger partial charge in [0.2, 0.25) is 5.91 Å². The molecule has 2 atom stereocenters. The fraction of sp³-hybridized carbons (Fsp3) is 0.391. The van der Waals surface area contributed by atoms with Gasteiger partial charge in [-0.15, -0.1) is 11.3 Å². The molecule has 3 amide bonds. The summed E-state index contributed by atoms with van der Waals surface area (Å²) in [4.78, 5) is 41.5. The van der Waals surface area contributed by atoms with Gasteiger partial charge in [-0.3, -0.25) is 19.3 Å². The van der Waals surface area contributed by atoms with Crippen LogP contribution in [0.2, 0.25) is 0 Å². The number of amides is 3. The second-order valence-corrected chi connectivity index (χ2v) is 10.1. The zero-order valence-corrected chi connectivity index (χ0v) is 19.1. The molecule has 0 bridgehead atoms. The zero-order valence-electron chi connectivity index (χ0n) is 17.4. The van der Waals surface area contributed by atoms with Gasteiger partial charge in [0.25, 0.3) is 11.8 Å². The van der Waals surface area contributed by atoms with Gasteiger partial charge in [-0.2, -0.15) is 17.0 Å². The summed E-state index contributed by atoms with van der Waals surface area (Å²) in [6.07, 6.45) is 5.03. The van der Waals surface area contributed by atoms with Crippen LogP contribution in [-0.2, 0) is 17.6 Å². The highest BCUT2D eigenvalue weighted by molar-refractivity contribution is 7.98. The van der Waals surface area contributed by atoms with E-state index in [9.17, 15) is 19.6 Å². The van der Waals surface area contributed by atoms with Crippen molar-refractivity contribution in [1.82, 2.24) is 4.90 Å². The fourth-order valence-corrected chi connectivity index (χ4v) is 6.07. The molecule has 0 radical (unpaired) electrons. The number of imide groups is 1. The van der Waals surface area contributed by atoms with Gasteiger partial charge in [0, 0.05) is 4.88 Å². The number of fused-ring (bicyclic) bond motifs is 2. The minimum absolute atomic E-state index is 0.327. The summed E-state index contributed by atoms with van der Waals surface area (Å²) in [6, 6.07) is 7.97. The molecule has 1 aliphatic heterocycles. The average Bonchev–Trinajstić information content (AvgIpc) is 3.23. The van der Waals surface area contributed by atoms with E-state index in [4.69, 9.17) is 0 Å². The van der Waals surface area contributed by atoms with Crippen LogP contribution in [-0.4, -0.2) is 40.7 Å². The Bertz CT molecular complexity index is 1070. The van der Waals surface area contributed by atoms with E-state index in [1.165, 1.54) is 11.3 Å². The number of thiophene rings is 1. The SMILES string of the molecule is CSCC[C@@H](C(=O)Nc1sc2c(c1C#N)CC[C@H](C)C2)N1C(=O)c2ccccc2C1=O. The third kappa shape index (κ3) is 3.88. The Kier molecular flexibility index (Phi) is 6.17. The number of hydrogen-bond donors (Lipinski definition) is 1. The highest BCUT2D eigenvalue weighted by atomic mass is 32.2. The predicted molar refractivity (Wildman–Crippen MR) is 123 cm³/mol. The second-order valence-electron chi connectivity index (χ2n) is 7.98. The summed E-state index contributed by atoms with van der Waals surface area (Å²) in [5, 5.41) is 13.1. The molecule has 1 aromatic heterocycles. The highest BCUT2D eigenvalue weighted by Gasteiger charge is 2.42. The molecule has 0 saturated carbocycles. The first-order chi connectivity index (χ1) is 15.0. The molecule has 6 nitrogen and oxygen atoms in total. The molecule has 0 fully saturated rings. The van der Waals surface area contributed by atoms with Crippen molar-refractivity contribution in [3.63, 3.8) is 0 Å². The lowest BCUT2D eigenvalue weighted by Gasteiger charge is -2.25. The number of anilines is 1. The van der Waals surface area contributed by atoms with E-state index >= 15 is 0 Å². The molecule has 4 rings (SSSR count). The molecular weight excluding hydrogens is 430 g/mol. The van der Waals surface area contributed by atoms with Crippen molar-refractivity contribution in [2.45, 2.75) is 38.6 Å². The van der Waals surface area contributed by atoms with Crippen LogP contribution >= 0.6 is 23.1 Å². The van der Waals surface area contributed by atoms with E-state index in [1.807, 2.05) is 6.26 Å². The van der Waals surface area contributed by atoms with Crippen molar-refractivity contribution < 1.29 is 14.4 Å². The Morgan fingerprint density at radius 3 is 2.61 bits per heavy atom. The van der Waals surface area contributed by atoms with E-state index in [0.717, 1.165) is 34.6 Å². The van der Waals surface area contributed by atoms with Crippen LogP contribution in [0.1, 0.15) is 56.5 Å². The lowest BCUT2D eigenvalue weighted by Crippen LogP contribution is -2.47.